The first-order valence-corrected chi connectivity index (χ1v) is 7.80. The minimum Gasteiger partial charge on any atom is -0.506 e. The van der Waals surface area contributed by atoms with Gasteiger partial charge in [-0.3, -0.25) is 9.59 Å². The van der Waals surface area contributed by atoms with Crippen molar-refractivity contribution in [2.45, 2.75) is 13.8 Å². The standard InChI is InChI=1S/C18H21N3O3/c1-3-21(4-2)14-11-9-13(10-12-14)19-17(23)18(24)20-15-7-5-6-8-16(15)22/h5-12,22H,3-4H2,1-2H3,(H,19,23)(H,20,24). The van der Waals surface area contributed by atoms with Gasteiger partial charge in [-0.05, 0) is 50.2 Å². The molecular formula is C18H21N3O3. The number of amides is 2. The van der Waals surface area contributed by atoms with Crippen molar-refractivity contribution >= 4 is 28.9 Å². The zero-order chi connectivity index (χ0) is 17.5. The molecular weight excluding hydrogens is 306 g/mol. The molecule has 2 aromatic carbocycles. The molecule has 2 rings (SSSR count). The molecule has 0 unspecified atom stereocenters. The Morgan fingerprint density at radius 2 is 1.50 bits per heavy atom. The van der Waals surface area contributed by atoms with Crippen LogP contribution in [0.3, 0.4) is 0 Å². The molecule has 6 heteroatoms. The van der Waals surface area contributed by atoms with Crippen LogP contribution in [0.25, 0.3) is 0 Å². The van der Waals surface area contributed by atoms with E-state index in [-0.39, 0.29) is 11.4 Å². The molecule has 126 valence electrons. The van der Waals surface area contributed by atoms with E-state index in [4.69, 9.17) is 0 Å². The minimum absolute atomic E-state index is 0.0952. The van der Waals surface area contributed by atoms with E-state index in [1.54, 1.807) is 24.3 Å². The highest BCUT2D eigenvalue weighted by molar-refractivity contribution is 6.43. The second-order valence-corrected chi connectivity index (χ2v) is 5.14. The van der Waals surface area contributed by atoms with Gasteiger partial charge < -0.3 is 20.6 Å². The van der Waals surface area contributed by atoms with Crippen molar-refractivity contribution in [2.75, 3.05) is 28.6 Å². The van der Waals surface area contributed by atoms with Gasteiger partial charge in [0, 0.05) is 24.5 Å². The number of hydrogen-bond donors (Lipinski definition) is 3. The molecule has 2 aromatic rings. The van der Waals surface area contributed by atoms with Gasteiger partial charge in [0.1, 0.15) is 5.75 Å². The predicted molar refractivity (Wildman–Crippen MR) is 95.4 cm³/mol. The summed E-state index contributed by atoms with van der Waals surface area (Å²) in [4.78, 5) is 26.0. The average Bonchev–Trinajstić information content (AvgIpc) is 2.59. The number of anilines is 3. The van der Waals surface area contributed by atoms with Crippen LogP contribution in [-0.2, 0) is 9.59 Å². The SMILES string of the molecule is CCN(CC)c1ccc(NC(=O)C(=O)Nc2ccccc2O)cc1. The van der Waals surface area contributed by atoms with Gasteiger partial charge >= 0.3 is 11.8 Å². The number of phenols is 1. The highest BCUT2D eigenvalue weighted by Gasteiger charge is 2.15. The number of benzene rings is 2. The van der Waals surface area contributed by atoms with E-state index in [2.05, 4.69) is 29.4 Å². The van der Waals surface area contributed by atoms with Crippen LogP contribution in [-0.4, -0.2) is 30.0 Å². The number of para-hydroxylation sites is 2. The quantitative estimate of drug-likeness (QED) is 0.582. The third kappa shape index (κ3) is 4.25. The Kier molecular flexibility index (Phi) is 5.78. The number of hydrogen-bond acceptors (Lipinski definition) is 4. The first-order chi connectivity index (χ1) is 11.5. The van der Waals surface area contributed by atoms with Crippen LogP contribution in [0.1, 0.15) is 13.8 Å². The first-order valence-electron chi connectivity index (χ1n) is 7.80. The number of aromatic hydroxyl groups is 1. The molecule has 0 aromatic heterocycles. The Bertz CT molecular complexity index is 710. The molecule has 0 aliphatic heterocycles. The van der Waals surface area contributed by atoms with Gasteiger partial charge in [-0.1, -0.05) is 12.1 Å². The average molecular weight is 327 g/mol. The molecule has 24 heavy (non-hydrogen) atoms. The minimum atomic E-state index is -0.843. The Hall–Kier alpha value is -3.02. The normalized spacial score (nSPS) is 10.1. The maximum absolute atomic E-state index is 11.9. The molecule has 0 saturated carbocycles. The molecule has 3 N–H and O–H groups in total. The van der Waals surface area contributed by atoms with Crippen LogP contribution in [0.15, 0.2) is 48.5 Å². The fraction of sp³-hybridized carbons (Fsp3) is 0.222. The molecule has 0 spiro atoms. The van der Waals surface area contributed by atoms with Crippen LogP contribution >= 0.6 is 0 Å². The molecule has 0 bridgehead atoms. The van der Waals surface area contributed by atoms with Crippen molar-refractivity contribution in [2.24, 2.45) is 0 Å². The van der Waals surface area contributed by atoms with E-state index in [1.165, 1.54) is 12.1 Å². The summed E-state index contributed by atoms with van der Waals surface area (Å²) in [6.45, 7) is 5.93. The van der Waals surface area contributed by atoms with Gasteiger partial charge in [-0.25, -0.2) is 0 Å². The molecule has 0 heterocycles. The summed E-state index contributed by atoms with van der Waals surface area (Å²) >= 11 is 0. The summed E-state index contributed by atoms with van der Waals surface area (Å²) in [6.07, 6.45) is 0. The Balaban J connectivity index is 1.99. The lowest BCUT2D eigenvalue weighted by Gasteiger charge is -2.21. The maximum atomic E-state index is 11.9. The van der Waals surface area contributed by atoms with Crippen molar-refractivity contribution < 1.29 is 14.7 Å². The van der Waals surface area contributed by atoms with E-state index in [0.717, 1.165) is 18.8 Å². The van der Waals surface area contributed by atoms with Crippen molar-refractivity contribution in [3.8, 4) is 5.75 Å². The summed E-state index contributed by atoms with van der Waals surface area (Å²) in [5.74, 6) is -1.74. The summed E-state index contributed by atoms with van der Waals surface area (Å²) in [7, 11) is 0. The third-order valence-corrected chi connectivity index (χ3v) is 3.61. The lowest BCUT2D eigenvalue weighted by atomic mass is 10.2. The van der Waals surface area contributed by atoms with Crippen LogP contribution in [0, 0.1) is 0 Å². The molecule has 0 aliphatic rings. The van der Waals surface area contributed by atoms with Gasteiger partial charge in [-0.15, -0.1) is 0 Å². The van der Waals surface area contributed by atoms with E-state index >= 15 is 0 Å². The van der Waals surface area contributed by atoms with Crippen molar-refractivity contribution in [1.82, 2.24) is 0 Å². The zero-order valence-corrected chi connectivity index (χ0v) is 13.7. The fourth-order valence-electron chi connectivity index (χ4n) is 2.29. The molecule has 0 atom stereocenters. The zero-order valence-electron chi connectivity index (χ0n) is 13.7. The Morgan fingerprint density at radius 1 is 0.917 bits per heavy atom. The lowest BCUT2D eigenvalue weighted by molar-refractivity contribution is -0.133. The largest absolute Gasteiger partial charge is 0.506 e. The fourth-order valence-corrected chi connectivity index (χ4v) is 2.29. The van der Waals surface area contributed by atoms with Crippen molar-refractivity contribution in [1.29, 1.82) is 0 Å². The van der Waals surface area contributed by atoms with Crippen molar-refractivity contribution in [3.05, 3.63) is 48.5 Å². The van der Waals surface area contributed by atoms with E-state index < -0.39 is 11.8 Å². The van der Waals surface area contributed by atoms with Crippen LogP contribution in [0.2, 0.25) is 0 Å². The molecule has 0 aliphatic carbocycles. The number of nitrogens with one attached hydrogen (secondary N) is 2. The summed E-state index contributed by atoms with van der Waals surface area (Å²) < 4.78 is 0. The van der Waals surface area contributed by atoms with E-state index in [9.17, 15) is 14.7 Å². The first kappa shape index (κ1) is 17.3. The summed E-state index contributed by atoms with van der Waals surface area (Å²) in [6, 6.07) is 13.5. The number of carbonyl (C=O) groups is 2. The predicted octanol–water partition coefficient (Wildman–Crippen LogP) is 2.82. The smallest absolute Gasteiger partial charge is 0.314 e. The van der Waals surface area contributed by atoms with Crippen LogP contribution in [0.5, 0.6) is 5.75 Å². The second kappa shape index (κ2) is 8.01. The Morgan fingerprint density at radius 3 is 2.08 bits per heavy atom. The van der Waals surface area contributed by atoms with Gasteiger partial charge in [0.05, 0.1) is 5.69 Å². The van der Waals surface area contributed by atoms with Crippen LogP contribution in [0.4, 0.5) is 17.1 Å². The van der Waals surface area contributed by atoms with Gasteiger partial charge in [-0.2, -0.15) is 0 Å². The monoisotopic (exact) mass is 327 g/mol. The number of nitrogens with zero attached hydrogens (tertiary/aromatic N) is 1. The van der Waals surface area contributed by atoms with Gasteiger partial charge in [0.2, 0.25) is 0 Å². The highest BCUT2D eigenvalue weighted by atomic mass is 16.3. The highest BCUT2D eigenvalue weighted by Crippen LogP contribution is 2.21. The molecule has 0 radical (unpaired) electrons. The van der Waals surface area contributed by atoms with Gasteiger partial charge in [0.15, 0.2) is 0 Å². The Labute approximate surface area is 141 Å². The molecule has 2 amide bonds. The number of carbonyl (C=O) groups excluding carboxylic acids is 2. The molecule has 6 nitrogen and oxygen atoms in total. The summed E-state index contributed by atoms with van der Waals surface area (Å²) in [5, 5.41) is 14.5. The van der Waals surface area contributed by atoms with Gasteiger partial charge in [0.25, 0.3) is 0 Å². The van der Waals surface area contributed by atoms with Crippen LogP contribution < -0.4 is 15.5 Å². The summed E-state index contributed by atoms with van der Waals surface area (Å²) in [5.41, 5.74) is 1.77. The second-order valence-electron chi connectivity index (χ2n) is 5.14. The molecule has 0 saturated heterocycles. The molecule has 0 fully saturated rings. The number of phenolic OH excluding ortho intramolecular Hbond substituents is 1. The maximum Gasteiger partial charge on any atom is 0.314 e. The lowest BCUT2D eigenvalue weighted by Crippen LogP contribution is -2.29. The number of rotatable bonds is 5. The van der Waals surface area contributed by atoms with Crippen molar-refractivity contribution in [3.63, 3.8) is 0 Å². The topological polar surface area (TPSA) is 81.7 Å². The third-order valence-electron chi connectivity index (χ3n) is 3.61. The van der Waals surface area contributed by atoms with E-state index in [0.29, 0.717) is 5.69 Å². The van der Waals surface area contributed by atoms with E-state index in [1.807, 2.05) is 12.1 Å².